The molecule has 0 unspecified atom stereocenters. The first-order chi connectivity index (χ1) is 8.72. The lowest BCUT2D eigenvalue weighted by Crippen LogP contribution is -2.35. The van der Waals surface area contributed by atoms with Crippen molar-refractivity contribution in [1.29, 1.82) is 0 Å². The molecule has 6 heteroatoms. The van der Waals surface area contributed by atoms with Crippen LogP contribution in [0.4, 0.5) is 5.69 Å². The second kappa shape index (κ2) is 6.20. The Morgan fingerprint density at radius 3 is 2.94 bits per heavy atom. The number of H-pyrrole nitrogens is 1. The van der Waals surface area contributed by atoms with Gasteiger partial charge in [0.05, 0.1) is 11.9 Å². The molecule has 0 aliphatic carbocycles. The quantitative estimate of drug-likeness (QED) is 0.865. The average Bonchev–Trinajstić information content (AvgIpc) is 2.40. The first kappa shape index (κ1) is 13.4. The van der Waals surface area contributed by atoms with E-state index in [-0.39, 0.29) is 10.6 Å². The van der Waals surface area contributed by atoms with Crippen LogP contribution in [-0.4, -0.2) is 36.9 Å². The Morgan fingerprint density at radius 2 is 2.28 bits per heavy atom. The first-order valence-corrected chi connectivity index (χ1v) is 6.73. The Bertz CT molecular complexity index is 440. The molecule has 2 rings (SSSR count). The molecule has 0 atom stereocenters. The van der Waals surface area contributed by atoms with E-state index < -0.39 is 0 Å². The lowest BCUT2D eigenvalue weighted by molar-refractivity contribution is 0.378. The molecule has 5 nitrogen and oxygen atoms in total. The topological polar surface area (TPSA) is 61.0 Å². The van der Waals surface area contributed by atoms with Crippen LogP contribution in [0.25, 0.3) is 0 Å². The molecule has 1 saturated heterocycles. The van der Waals surface area contributed by atoms with Crippen molar-refractivity contribution in [2.45, 2.75) is 19.3 Å². The van der Waals surface area contributed by atoms with E-state index >= 15 is 0 Å². The van der Waals surface area contributed by atoms with E-state index in [1.807, 2.05) is 7.05 Å². The van der Waals surface area contributed by atoms with Gasteiger partial charge in [0, 0.05) is 13.1 Å². The number of piperidine rings is 1. The number of hydrogen-bond donors (Lipinski definition) is 2. The SMILES string of the molecule is CNCCC1CCN(c2cn[nH]c(=O)c2Cl)CC1. The summed E-state index contributed by atoms with van der Waals surface area (Å²) in [6.07, 6.45) is 5.14. The molecule has 2 N–H and O–H groups in total. The van der Waals surface area contributed by atoms with Crippen LogP contribution in [0.1, 0.15) is 19.3 Å². The summed E-state index contributed by atoms with van der Waals surface area (Å²) in [6.45, 7) is 2.95. The minimum atomic E-state index is -0.313. The first-order valence-electron chi connectivity index (χ1n) is 6.35. The van der Waals surface area contributed by atoms with Gasteiger partial charge in [0.1, 0.15) is 5.02 Å². The predicted octanol–water partition coefficient (Wildman–Crippen LogP) is 1.25. The Balaban J connectivity index is 1.97. The largest absolute Gasteiger partial charge is 0.369 e. The summed E-state index contributed by atoms with van der Waals surface area (Å²) in [5, 5.41) is 9.59. The maximum atomic E-state index is 11.4. The smallest absolute Gasteiger partial charge is 0.285 e. The second-order valence-electron chi connectivity index (χ2n) is 4.72. The van der Waals surface area contributed by atoms with E-state index in [4.69, 9.17) is 11.6 Å². The maximum absolute atomic E-state index is 11.4. The Morgan fingerprint density at radius 1 is 1.56 bits per heavy atom. The number of nitrogens with zero attached hydrogens (tertiary/aromatic N) is 2. The molecule has 1 aliphatic rings. The van der Waals surface area contributed by atoms with E-state index in [1.165, 1.54) is 6.42 Å². The minimum absolute atomic E-state index is 0.249. The van der Waals surface area contributed by atoms with Crippen molar-refractivity contribution in [3.63, 3.8) is 0 Å². The number of aromatic nitrogens is 2. The van der Waals surface area contributed by atoms with Crippen LogP contribution in [0.2, 0.25) is 5.02 Å². The third-order valence-corrected chi connectivity index (χ3v) is 3.90. The van der Waals surface area contributed by atoms with E-state index in [2.05, 4.69) is 20.4 Å². The molecule has 1 aliphatic heterocycles. The molecular formula is C12H19ClN4O. The molecule has 100 valence electrons. The molecule has 2 heterocycles. The van der Waals surface area contributed by atoms with Gasteiger partial charge in [-0.1, -0.05) is 11.6 Å². The van der Waals surface area contributed by atoms with E-state index in [0.29, 0.717) is 0 Å². The van der Waals surface area contributed by atoms with Crippen molar-refractivity contribution in [3.05, 3.63) is 21.6 Å². The summed E-state index contributed by atoms with van der Waals surface area (Å²) in [5.41, 5.74) is 0.443. The lowest BCUT2D eigenvalue weighted by atomic mass is 9.93. The van der Waals surface area contributed by atoms with E-state index in [9.17, 15) is 4.79 Å². The molecular weight excluding hydrogens is 252 g/mol. The highest BCUT2D eigenvalue weighted by Crippen LogP contribution is 2.27. The second-order valence-corrected chi connectivity index (χ2v) is 5.10. The molecule has 1 aromatic rings. The summed E-state index contributed by atoms with van der Waals surface area (Å²) in [4.78, 5) is 13.6. The van der Waals surface area contributed by atoms with Crippen LogP contribution in [-0.2, 0) is 0 Å². The van der Waals surface area contributed by atoms with Gasteiger partial charge in [0.2, 0.25) is 0 Å². The van der Waals surface area contributed by atoms with Crippen molar-refractivity contribution in [1.82, 2.24) is 15.5 Å². The van der Waals surface area contributed by atoms with Crippen molar-refractivity contribution >= 4 is 17.3 Å². The monoisotopic (exact) mass is 270 g/mol. The Kier molecular flexibility index (Phi) is 4.60. The van der Waals surface area contributed by atoms with Crippen molar-refractivity contribution in [3.8, 4) is 0 Å². The van der Waals surface area contributed by atoms with Crippen molar-refractivity contribution in [2.75, 3.05) is 31.6 Å². The fraction of sp³-hybridized carbons (Fsp3) is 0.667. The van der Waals surface area contributed by atoms with Gasteiger partial charge in [-0.05, 0) is 38.8 Å². The van der Waals surface area contributed by atoms with Gasteiger partial charge in [-0.15, -0.1) is 0 Å². The molecule has 0 bridgehead atoms. The number of halogens is 1. The van der Waals surface area contributed by atoms with Gasteiger partial charge in [-0.25, -0.2) is 5.10 Å². The zero-order chi connectivity index (χ0) is 13.0. The molecule has 0 radical (unpaired) electrons. The highest BCUT2D eigenvalue weighted by molar-refractivity contribution is 6.32. The summed E-state index contributed by atoms with van der Waals surface area (Å²) < 4.78 is 0. The van der Waals surface area contributed by atoms with Crippen LogP contribution in [0.15, 0.2) is 11.0 Å². The molecule has 1 fully saturated rings. The van der Waals surface area contributed by atoms with Gasteiger partial charge in [0.25, 0.3) is 5.56 Å². The molecule has 0 spiro atoms. The third kappa shape index (κ3) is 3.03. The highest BCUT2D eigenvalue weighted by Gasteiger charge is 2.21. The van der Waals surface area contributed by atoms with Gasteiger partial charge in [-0.3, -0.25) is 4.79 Å². The van der Waals surface area contributed by atoms with Crippen LogP contribution in [0, 0.1) is 5.92 Å². The third-order valence-electron chi connectivity index (χ3n) is 3.53. The van der Waals surface area contributed by atoms with Crippen molar-refractivity contribution < 1.29 is 0 Å². The zero-order valence-electron chi connectivity index (χ0n) is 10.6. The van der Waals surface area contributed by atoms with Crippen LogP contribution in [0.3, 0.4) is 0 Å². The summed E-state index contributed by atoms with van der Waals surface area (Å²) >= 11 is 6.01. The van der Waals surface area contributed by atoms with E-state index in [1.54, 1.807) is 6.20 Å². The number of hydrogen-bond acceptors (Lipinski definition) is 4. The van der Waals surface area contributed by atoms with Crippen molar-refractivity contribution in [2.24, 2.45) is 5.92 Å². The summed E-state index contributed by atoms with van der Waals surface area (Å²) in [7, 11) is 1.98. The van der Waals surface area contributed by atoms with Crippen LogP contribution in [0.5, 0.6) is 0 Å². The number of anilines is 1. The average molecular weight is 271 g/mol. The fourth-order valence-corrected chi connectivity index (χ4v) is 2.62. The standard InChI is InChI=1S/C12H19ClN4O/c1-14-5-2-9-3-6-17(7-4-9)10-8-15-16-12(18)11(10)13/h8-9,14H,2-7H2,1H3,(H,16,18). The van der Waals surface area contributed by atoms with Gasteiger partial charge < -0.3 is 10.2 Å². The van der Waals surface area contributed by atoms with Gasteiger partial charge >= 0.3 is 0 Å². The van der Waals surface area contributed by atoms with Crippen LogP contribution >= 0.6 is 11.6 Å². The highest BCUT2D eigenvalue weighted by atomic mass is 35.5. The lowest BCUT2D eigenvalue weighted by Gasteiger charge is -2.33. The van der Waals surface area contributed by atoms with Gasteiger partial charge in [0.15, 0.2) is 0 Å². The molecule has 1 aromatic heterocycles. The normalized spacial score (nSPS) is 17.1. The molecule has 0 amide bonds. The molecule has 18 heavy (non-hydrogen) atoms. The minimum Gasteiger partial charge on any atom is -0.369 e. The summed E-state index contributed by atoms with van der Waals surface area (Å²) in [5.74, 6) is 0.766. The summed E-state index contributed by atoms with van der Waals surface area (Å²) in [6, 6.07) is 0. The zero-order valence-corrected chi connectivity index (χ0v) is 11.3. The Labute approximate surface area is 112 Å². The van der Waals surface area contributed by atoms with E-state index in [0.717, 1.165) is 44.1 Å². The number of nitrogens with one attached hydrogen (secondary N) is 2. The molecule has 0 aromatic carbocycles. The van der Waals surface area contributed by atoms with Gasteiger partial charge in [-0.2, -0.15) is 5.10 Å². The van der Waals surface area contributed by atoms with Crippen LogP contribution < -0.4 is 15.8 Å². The molecule has 0 saturated carbocycles. The fourth-order valence-electron chi connectivity index (χ4n) is 2.41. The maximum Gasteiger partial charge on any atom is 0.285 e. The Hall–Kier alpha value is -1.07. The predicted molar refractivity (Wildman–Crippen MR) is 73.3 cm³/mol. The number of aromatic amines is 1. The number of rotatable bonds is 4.